The molecule has 3 saturated carbocycles. The third-order valence-electron chi connectivity index (χ3n) is 26.6. The van der Waals surface area contributed by atoms with Crippen LogP contribution >= 0.6 is 0 Å². The fourth-order valence-corrected chi connectivity index (χ4v) is 19.0. The maximum atomic E-state index is 15.9. The Morgan fingerprint density at radius 3 is 1.02 bits per heavy atom. The van der Waals surface area contributed by atoms with Crippen molar-refractivity contribution in [1.29, 1.82) is 0 Å². The fourth-order valence-electron chi connectivity index (χ4n) is 19.0. The number of halogens is 6. The van der Waals surface area contributed by atoms with Crippen molar-refractivity contribution in [2.75, 3.05) is 19.6 Å². The van der Waals surface area contributed by atoms with Gasteiger partial charge in [0, 0.05) is 80.8 Å². The molecule has 699 valence electrons. The molecule has 3 aromatic carbocycles. The van der Waals surface area contributed by atoms with Crippen molar-refractivity contribution >= 4 is 88.0 Å². The van der Waals surface area contributed by atoms with E-state index in [9.17, 15) is 43.2 Å². The summed E-state index contributed by atoms with van der Waals surface area (Å²) in [5.74, 6) is -13.8. The number of hydrogen-bond acceptors (Lipinski definition) is 21. The zero-order valence-corrected chi connectivity index (χ0v) is 79.5. The van der Waals surface area contributed by atoms with E-state index in [4.69, 9.17) is 28.4 Å². The molecule has 6 aromatic rings. The topological polar surface area (TPSA) is 332 Å². The van der Waals surface area contributed by atoms with Crippen LogP contribution in [-0.2, 0) is 116 Å². The van der Waals surface area contributed by atoms with Gasteiger partial charge in [-0.05, 0) is 160 Å². The van der Waals surface area contributed by atoms with Crippen LogP contribution in [0, 0.1) is 51.8 Å². The summed E-state index contributed by atoms with van der Waals surface area (Å²) in [4.78, 5) is 148. The van der Waals surface area contributed by atoms with Crippen LogP contribution in [0.2, 0.25) is 0 Å². The Morgan fingerprint density at radius 2 is 0.698 bits per heavy atom. The van der Waals surface area contributed by atoms with Gasteiger partial charge in [-0.15, -0.1) is 0 Å². The summed E-state index contributed by atoms with van der Waals surface area (Å²) in [5, 5.41) is 8.27. The number of alkyl carbamates (subject to hydrolysis) is 3. The standard InChI is InChI=1S/C32H41F2N4O5.C31H39F2N4O5.C30H37F2N4O5.3V/c1-5-20-23(18-39)38-17-25(20)42-28-26(35-21-13-6-7-14-22(21)36-28)32(33,34)16-9-8-11-19-12-10-15-24(19)43-30(41)37-27(29(38)40)31(2,3)4;1-6-19-22(17-38)37-16-23(19)41-26-24(34-20-12-7-8-13-21(20)35-26)31(32,33)14-10-9-11-18-15-30(18,5)42-28(40)36-25(27(37)39)29(2,3)4;1-5-18-21(16-37)36-15-23(18)40-26-24(33-19-11-6-7-12-20(19)34-26)30(31,32)13-9-8-10-17-14-22(17)41-28(39)35-25(27(36)38)29(2,3)4;;;/h6-7,13-14,19-20,23-25,27H,5,8-12,15-17H2,1-4H3,(H,37,41);7-8,12-13,18-19,22-23,25H,6,9-11,14-16H2,1-5H3,(H,36,40);6-7,11-12,17-18,21-23,25H,5,8-10,13-15H2,1-4H3,(H,35,39);;;/q3*-1;;;/t19-,20+,23-,24-,25+,27-;18-,19+,22-,23+,25-,30-;17-,18+,21-,22-,23+,25-;;;/m111.../s1. The van der Waals surface area contributed by atoms with Gasteiger partial charge in [-0.25, -0.2) is 63.1 Å². The molecule has 0 unspecified atom stereocenters. The van der Waals surface area contributed by atoms with Crippen LogP contribution in [0.25, 0.3) is 33.1 Å². The molecule has 3 N–H and O–H groups in total. The molecule has 15 rings (SSSR count). The smallest absolute Gasteiger partial charge is 0.408 e. The number of alkyl halides is 6. The number of nitrogens with zero attached hydrogens (tertiary/aromatic N) is 9. The van der Waals surface area contributed by atoms with Crippen molar-refractivity contribution in [2.24, 2.45) is 51.8 Å². The van der Waals surface area contributed by atoms with E-state index in [2.05, 4.69) is 45.9 Å². The third-order valence-corrected chi connectivity index (χ3v) is 26.6. The van der Waals surface area contributed by atoms with Gasteiger partial charge in [-0.1, -0.05) is 176 Å². The summed E-state index contributed by atoms with van der Waals surface area (Å²) in [5.41, 5.74) is -2.34. The maximum Gasteiger partial charge on any atom is 0.408 e. The quantitative estimate of drug-likeness (QED) is 0.0792. The molecule has 6 fully saturated rings. The van der Waals surface area contributed by atoms with E-state index in [1.165, 1.54) is 14.7 Å². The fraction of sp³-hybridized carbons (Fsp3) is 0.645. The van der Waals surface area contributed by atoms with E-state index in [0.717, 1.165) is 12.8 Å². The second-order valence-electron chi connectivity index (χ2n) is 38.8. The van der Waals surface area contributed by atoms with E-state index in [0.29, 0.717) is 110 Å². The minimum absolute atomic E-state index is 0. The monoisotopic (exact) mass is 1910 g/mol. The Kier molecular flexibility index (Phi) is 33.3. The molecule has 0 spiro atoms. The molecule has 3 radical (unpaired) electrons. The van der Waals surface area contributed by atoms with Crippen LogP contribution in [0.1, 0.15) is 236 Å². The van der Waals surface area contributed by atoms with E-state index in [-0.39, 0.29) is 142 Å². The molecule has 3 saturated heterocycles. The van der Waals surface area contributed by atoms with Crippen LogP contribution in [0.5, 0.6) is 17.6 Å². The van der Waals surface area contributed by atoms with E-state index < -0.39 is 184 Å². The first-order valence-corrected chi connectivity index (χ1v) is 44.6. The van der Waals surface area contributed by atoms with Crippen molar-refractivity contribution in [1.82, 2.24) is 60.6 Å². The van der Waals surface area contributed by atoms with Crippen molar-refractivity contribution in [3.05, 3.63) is 89.9 Å². The molecule has 6 aliphatic heterocycles. The van der Waals surface area contributed by atoms with Gasteiger partial charge in [0.25, 0.3) is 17.8 Å². The Bertz CT molecular complexity index is 5010. The first-order chi connectivity index (χ1) is 59.6. The summed E-state index contributed by atoms with van der Waals surface area (Å²) < 4.78 is 131. The first-order valence-electron chi connectivity index (χ1n) is 44.6. The number of rotatable bonds is 6. The van der Waals surface area contributed by atoms with Gasteiger partial charge < -0.3 is 73.5 Å². The summed E-state index contributed by atoms with van der Waals surface area (Å²) >= 11 is 0. The number of carbonyl (C=O) groups excluding carboxylic acids is 9. The molecule has 9 heterocycles. The van der Waals surface area contributed by atoms with Gasteiger partial charge >= 0.3 is 18.3 Å². The summed E-state index contributed by atoms with van der Waals surface area (Å²) in [6.07, 6.45) is 8.48. The van der Waals surface area contributed by atoms with Gasteiger partial charge in [0.05, 0.1) is 52.7 Å². The van der Waals surface area contributed by atoms with Crippen LogP contribution < -0.4 is 30.2 Å². The number of benzene rings is 3. The van der Waals surface area contributed by atoms with E-state index in [1.807, 2.05) is 109 Å². The van der Waals surface area contributed by atoms with Gasteiger partial charge in [-0.2, -0.15) is 26.3 Å². The number of hydrogen-bond donors (Lipinski definition) is 3. The molecule has 3 aromatic heterocycles. The van der Waals surface area contributed by atoms with Crippen molar-refractivity contribution in [2.45, 2.75) is 309 Å². The van der Waals surface area contributed by atoms with Crippen molar-refractivity contribution < 1.29 is 154 Å². The Morgan fingerprint density at radius 1 is 0.395 bits per heavy atom. The van der Waals surface area contributed by atoms with Crippen LogP contribution in [0.3, 0.4) is 0 Å². The van der Waals surface area contributed by atoms with Gasteiger partial charge in [0.15, 0.2) is 17.1 Å². The third kappa shape index (κ3) is 23.3. The molecule has 9 aliphatic rings. The molecule has 6 amide bonds. The molecule has 36 heteroatoms. The molecular formula is C93H117F6N12O15V3-3. The summed E-state index contributed by atoms with van der Waals surface area (Å²) in [6.45, 7) is 23.4. The van der Waals surface area contributed by atoms with Gasteiger partial charge in [-0.3, -0.25) is 14.4 Å². The SMILES string of the molecule is CC[C@@H]1[C@@H]2CN(C(=O)[C@H](C(C)(C)C)NC(=O)O[C@@H]3CCC[C@H]3CCCCC(F)(F)c3nc4ccccc4nc3O2)[C@@H]1[C-]=O.CC[C@@H]1[C@@H]2CN(C(=O)[C@H](C(C)(C)C)NC(=O)O[C@@H]3C[C@H]3CCCCC(F)(F)c3nc4ccccc4nc3O2)[C@@H]1[C-]=O.CC[C@@H]1[C@@H]2CN(C(=O)[C@H](C(C)(C)C)NC(=O)O[C@]3(C)C[C@H]3CCCCC(F)(F)c3nc4ccccc4nc3O2)[C@@H]1[C-]=O.[V].[V].[V]. The van der Waals surface area contributed by atoms with Crippen molar-refractivity contribution in [3.8, 4) is 17.6 Å². The average molecular weight is 1910 g/mol. The zero-order valence-electron chi connectivity index (χ0n) is 75.3. The Balaban J connectivity index is 0.000000199. The van der Waals surface area contributed by atoms with E-state index in [1.54, 1.807) is 72.8 Å². The Hall–Kier alpha value is -8.36. The summed E-state index contributed by atoms with van der Waals surface area (Å²) in [7, 11) is 0. The number of para-hydroxylation sites is 6. The molecule has 6 bridgehead atoms. The van der Waals surface area contributed by atoms with Gasteiger partial charge in [0.2, 0.25) is 35.4 Å². The number of ether oxygens (including phenoxy) is 6. The molecule has 129 heavy (non-hydrogen) atoms. The number of nitrogens with one attached hydrogen (secondary N) is 3. The predicted molar refractivity (Wildman–Crippen MR) is 452 cm³/mol. The van der Waals surface area contributed by atoms with Crippen molar-refractivity contribution in [3.63, 3.8) is 0 Å². The number of carbonyl (C=O) groups is 6. The minimum Gasteiger partial charge on any atom is -0.540 e. The number of aromatic nitrogens is 6. The normalized spacial score (nSPS) is 30.3. The van der Waals surface area contributed by atoms with Crippen LogP contribution in [-0.4, -0.2) is 191 Å². The second-order valence-corrected chi connectivity index (χ2v) is 38.8. The number of fused-ring (bicyclic) bond motifs is 15. The zero-order chi connectivity index (χ0) is 90.9. The molecular weight excluding hydrogens is 1790 g/mol. The van der Waals surface area contributed by atoms with Crippen LogP contribution in [0.4, 0.5) is 40.7 Å². The molecule has 3 aliphatic carbocycles. The predicted octanol–water partition coefficient (Wildman–Crippen LogP) is 15.9. The number of amides is 6. The van der Waals surface area contributed by atoms with Gasteiger partial charge in [0.1, 0.15) is 54.2 Å². The van der Waals surface area contributed by atoms with E-state index >= 15 is 26.3 Å². The second kappa shape index (κ2) is 41.8. The Labute approximate surface area is 784 Å². The largest absolute Gasteiger partial charge is 0.540 e. The maximum absolute atomic E-state index is 15.9. The molecule has 18 atom stereocenters. The average Bonchev–Trinajstić information content (AvgIpc) is 1.00. The summed E-state index contributed by atoms with van der Waals surface area (Å²) in [6, 6.07) is 14.2. The minimum atomic E-state index is -3.33. The molecule has 27 nitrogen and oxygen atoms in total. The van der Waals surface area contributed by atoms with Crippen LogP contribution in [0.15, 0.2) is 72.8 Å². The first kappa shape index (κ1) is 103.